The molecule has 6 nitrogen and oxygen atoms in total. The quantitative estimate of drug-likeness (QED) is 0.147. The van der Waals surface area contributed by atoms with Gasteiger partial charge in [-0.05, 0) is 170 Å². The van der Waals surface area contributed by atoms with Crippen LogP contribution in [0, 0.1) is 46.3 Å². The SMILES string of the molecule is COC(=O)CCC(C)C1CCC2C3C(O[Si](C)(C)C)[C@@H](O[Si](C)(C)C)[C@@H]4C[C@H](O[Si](C)(C)C)CCC4(C)C3C[C@H](O[Si](C)(C)C)C12C. The second-order valence-corrected chi connectivity index (χ2v) is 38.4. The Labute approximate surface area is 294 Å². The van der Waals surface area contributed by atoms with Crippen molar-refractivity contribution in [3.05, 3.63) is 0 Å². The van der Waals surface area contributed by atoms with Crippen LogP contribution in [0.4, 0.5) is 0 Å². The molecule has 0 radical (unpaired) electrons. The molecule has 4 aliphatic carbocycles. The number of ether oxygens (including phenoxy) is 1. The first kappa shape index (κ1) is 40.0. The summed E-state index contributed by atoms with van der Waals surface area (Å²) in [6.07, 6.45) is 9.05. The molecule has 8 unspecified atom stereocenters. The molecule has 4 fully saturated rings. The lowest BCUT2D eigenvalue weighted by Gasteiger charge is -2.68. The van der Waals surface area contributed by atoms with Crippen LogP contribution in [0.5, 0.6) is 0 Å². The number of hydrogen-bond donors (Lipinski definition) is 0. The molecule has 0 aromatic heterocycles. The first-order valence-electron chi connectivity index (χ1n) is 19.1. The minimum atomic E-state index is -1.93. The fourth-order valence-electron chi connectivity index (χ4n) is 11.0. The van der Waals surface area contributed by atoms with E-state index in [-0.39, 0.29) is 35.1 Å². The lowest BCUT2D eigenvalue weighted by Crippen LogP contribution is -2.70. The van der Waals surface area contributed by atoms with Crippen LogP contribution >= 0.6 is 0 Å². The molecule has 4 aliphatic rings. The summed E-state index contributed by atoms with van der Waals surface area (Å²) in [6.45, 7) is 36.0. The van der Waals surface area contributed by atoms with Crippen LogP contribution in [-0.4, -0.2) is 70.8 Å². The van der Waals surface area contributed by atoms with E-state index in [0.29, 0.717) is 48.0 Å². The van der Waals surface area contributed by atoms with E-state index in [1.54, 1.807) is 0 Å². The van der Waals surface area contributed by atoms with Gasteiger partial charge in [-0.1, -0.05) is 20.8 Å². The highest BCUT2D eigenvalue weighted by atomic mass is 28.4. The zero-order valence-electron chi connectivity index (χ0n) is 33.4. The maximum Gasteiger partial charge on any atom is 0.305 e. The predicted octanol–water partition coefficient (Wildman–Crippen LogP) is 9.94. The monoisotopic (exact) mass is 726 g/mol. The first-order valence-corrected chi connectivity index (χ1v) is 32.7. The number of carbonyl (C=O) groups is 1. The fourth-order valence-corrected chi connectivity index (χ4v) is 15.7. The molecule has 0 heterocycles. The van der Waals surface area contributed by atoms with Gasteiger partial charge in [-0.15, -0.1) is 0 Å². The van der Waals surface area contributed by atoms with E-state index in [1.165, 1.54) is 26.4 Å². The molecular weight excluding hydrogens is 653 g/mol. The van der Waals surface area contributed by atoms with Crippen LogP contribution in [0.2, 0.25) is 78.6 Å². The largest absolute Gasteiger partial charge is 0.469 e. The molecule has 10 heteroatoms. The maximum absolute atomic E-state index is 12.3. The molecule has 47 heavy (non-hydrogen) atoms. The van der Waals surface area contributed by atoms with Gasteiger partial charge in [0, 0.05) is 12.5 Å². The zero-order chi connectivity index (χ0) is 35.5. The Hall–Kier alpha value is 0.178. The predicted molar refractivity (Wildman–Crippen MR) is 205 cm³/mol. The van der Waals surface area contributed by atoms with Gasteiger partial charge in [-0.2, -0.15) is 0 Å². The van der Waals surface area contributed by atoms with Gasteiger partial charge < -0.3 is 22.4 Å². The van der Waals surface area contributed by atoms with Crippen LogP contribution in [0.3, 0.4) is 0 Å². The lowest BCUT2D eigenvalue weighted by molar-refractivity contribution is -0.232. The number of hydrogen-bond acceptors (Lipinski definition) is 6. The summed E-state index contributed by atoms with van der Waals surface area (Å²) < 4.78 is 34.3. The van der Waals surface area contributed by atoms with Crippen LogP contribution in [0.1, 0.15) is 72.1 Å². The Morgan fingerprint density at radius 3 is 1.79 bits per heavy atom. The molecule has 0 aliphatic heterocycles. The number of methoxy groups -OCH3 is 1. The average Bonchev–Trinajstić information content (AvgIpc) is 3.25. The van der Waals surface area contributed by atoms with Crippen molar-refractivity contribution < 1.29 is 27.2 Å². The number of rotatable bonds is 12. The molecule has 0 aromatic carbocycles. The Balaban J connectivity index is 1.85. The highest BCUT2D eigenvalue weighted by Gasteiger charge is 2.69. The minimum Gasteiger partial charge on any atom is -0.469 e. The van der Waals surface area contributed by atoms with E-state index in [0.717, 1.165) is 25.7 Å². The Morgan fingerprint density at radius 1 is 0.702 bits per heavy atom. The number of esters is 1. The molecule has 4 saturated carbocycles. The van der Waals surface area contributed by atoms with Gasteiger partial charge in [-0.3, -0.25) is 4.79 Å². The molecular formula is C37H74O6Si4. The number of fused-ring (bicyclic) bond motifs is 5. The van der Waals surface area contributed by atoms with Crippen LogP contribution < -0.4 is 0 Å². The van der Waals surface area contributed by atoms with Crippen molar-refractivity contribution in [2.45, 2.75) is 175 Å². The normalized spacial score (nSPS) is 40.3. The standard InChI is InChI=1S/C37H74O6Si4/c1-25(17-20-32(38)39-4)27-18-19-28-33-29(24-31(37(27,28)3)41-45(8,9)10)36(2)22-21-26(40-44(5,6)7)23-30(36)34(42-46(11,12)13)35(33)43-47(14,15)16/h25-31,33-35H,17-24H2,1-16H3/t25?,26-,27?,28?,29?,30+,31+,33?,34+,35?,36?,37?/m1/s1. The van der Waals surface area contributed by atoms with Gasteiger partial charge >= 0.3 is 5.97 Å². The van der Waals surface area contributed by atoms with Crippen LogP contribution in [-0.2, 0) is 27.2 Å². The van der Waals surface area contributed by atoms with E-state index >= 15 is 0 Å². The third-order valence-corrected chi connectivity index (χ3v) is 16.5. The lowest BCUT2D eigenvalue weighted by atomic mass is 9.42. The molecule has 0 spiro atoms. The topological polar surface area (TPSA) is 63.2 Å². The summed E-state index contributed by atoms with van der Waals surface area (Å²) >= 11 is 0. The molecule has 4 rings (SSSR count). The van der Waals surface area contributed by atoms with Crippen molar-refractivity contribution in [2.24, 2.45) is 46.3 Å². The summed E-state index contributed by atoms with van der Waals surface area (Å²) in [7, 11) is -5.87. The summed E-state index contributed by atoms with van der Waals surface area (Å²) in [4.78, 5) is 12.3. The number of carbonyl (C=O) groups excluding carboxylic acids is 1. The Morgan fingerprint density at radius 2 is 1.26 bits per heavy atom. The second-order valence-electron chi connectivity index (χ2n) is 20.5. The highest BCUT2D eigenvalue weighted by Crippen LogP contribution is 2.70. The molecule has 0 amide bonds. The molecule has 0 aromatic rings. The van der Waals surface area contributed by atoms with Crippen molar-refractivity contribution in [1.82, 2.24) is 0 Å². The summed E-state index contributed by atoms with van der Waals surface area (Å²) in [6, 6.07) is 0. The van der Waals surface area contributed by atoms with Crippen LogP contribution in [0.25, 0.3) is 0 Å². The van der Waals surface area contributed by atoms with Crippen molar-refractivity contribution in [3.8, 4) is 0 Å². The second kappa shape index (κ2) is 14.0. The Bertz CT molecular complexity index is 1090. The minimum absolute atomic E-state index is 0.0308. The fraction of sp³-hybridized carbons (Fsp3) is 0.973. The van der Waals surface area contributed by atoms with E-state index in [2.05, 4.69) is 99.3 Å². The molecule has 274 valence electrons. The molecule has 0 bridgehead atoms. The van der Waals surface area contributed by atoms with Crippen molar-refractivity contribution >= 4 is 39.2 Å². The average molecular weight is 727 g/mol. The van der Waals surface area contributed by atoms with Crippen LogP contribution in [0.15, 0.2) is 0 Å². The van der Waals surface area contributed by atoms with Gasteiger partial charge in [0.25, 0.3) is 0 Å². The summed E-state index contributed by atoms with van der Waals surface area (Å²) in [5.74, 6) is 2.76. The van der Waals surface area contributed by atoms with E-state index in [9.17, 15) is 4.79 Å². The van der Waals surface area contributed by atoms with Gasteiger partial charge in [0.2, 0.25) is 0 Å². The summed E-state index contributed by atoms with van der Waals surface area (Å²) in [5, 5.41) is 0. The molecule has 0 N–H and O–H groups in total. The molecule has 12 atom stereocenters. The van der Waals surface area contributed by atoms with Gasteiger partial charge in [0.05, 0.1) is 25.4 Å². The van der Waals surface area contributed by atoms with E-state index in [4.69, 9.17) is 22.4 Å². The van der Waals surface area contributed by atoms with Crippen molar-refractivity contribution in [1.29, 1.82) is 0 Å². The zero-order valence-corrected chi connectivity index (χ0v) is 37.4. The van der Waals surface area contributed by atoms with Crippen molar-refractivity contribution in [2.75, 3.05) is 7.11 Å². The van der Waals surface area contributed by atoms with Gasteiger partial charge in [0.15, 0.2) is 33.3 Å². The van der Waals surface area contributed by atoms with Gasteiger partial charge in [-0.25, -0.2) is 0 Å². The highest BCUT2D eigenvalue weighted by molar-refractivity contribution is 6.71. The van der Waals surface area contributed by atoms with E-state index < -0.39 is 33.3 Å². The molecule has 0 saturated heterocycles. The third-order valence-electron chi connectivity index (χ3n) is 12.5. The summed E-state index contributed by atoms with van der Waals surface area (Å²) in [5.41, 5.74) is 0.188. The Kier molecular flexibility index (Phi) is 11.9. The third kappa shape index (κ3) is 8.98. The maximum atomic E-state index is 12.3. The van der Waals surface area contributed by atoms with Crippen molar-refractivity contribution in [3.63, 3.8) is 0 Å². The van der Waals surface area contributed by atoms with E-state index in [1.807, 2.05) is 0 Å². The first-order chi connectivity index (χ1) is 21.3. The van der Waals surface area contributed by atoms with Gasteiger partial charge in [0.1, 0.15) is 0 Å². The smallest absolute Gasteiger partial charge is 0.305 e.